The molecule has 0 saturated carbocycles. The van der Waals surface area contributed by atoms with E-state index in [9.17, 15) is 4.79 Å². The number of anilines is 1. The predicted molar refractivity (Wildman–Crippen MR) is 129 cm³/mol. The van der Waals surface area contributed by atoms with Crippen LogP contribution in [0.25, 0.3) is 16.7 Å². The van der Waals surface area contributed by atoms with Crippen molar-refractivity contribution in [2.24, 2.45) is 0 Å². The van der Waals surface area contributed by atoms with E-state index in [1.165, 1.54) is 11.1 Å². The van der Waals surface area contributed by atoms with Crippen LogP contribution in [0, 0.1) is 0 Å². The topological polar surface area (TPSA) is 61.4 Å². The molecule has 1 aliphatic rings. The zero-order chi connectivity index (χ0) is 22.3. The molecule has 164 valence electrons. The lowest BCUT2D eigenvalue weighted by molar-refractivity contribution is -0.129. The van der Waals surface area contributed by atoms with Gasteiger partial charge in [0, 0.05) is 50.8 Å². The van der Waals surface area contributed by atoms with Crippen LogP contribution in [-0.4, -0.2) is 54.5 Å². The van der Waals surface area contributed by atoms with Gasteiger partial charge in [-0.25, -0.2) is 4.98 Å². The van der Waals surface area contributed by atoms with Crippen LogP contribution in [0.3, 0.4) is 0 Å². The van der Waals surface area contributed by atoms with Gasteiger partial charge >= 0.3 is 0 Å². The highest BCUT2D eigenvalue weighted by Crippen LogP contribution is 2.26. The van der Waals surface area contributed by atoms with E-state index in [1.54, 1.807) is 11.9 Å². The first kappa shape index (κ1) is 21.7. The van der Waals surface area contributed by atoms with E-state index in [1.807, 2.05) is 43.8 Å². The van der Waals surface area contributed by atoms with Crippen LogP contribution in [0.4, 0.5) is 5.82 Å². The molecule has 6 nitrogen and oxygen atoms in total. The largest absolute Gasteiger partial charge is 0.353 e. The number of benzene rings is 1. The molecule has 1 aromatic carbocycles. The van der Waals surface area contributed by atoms with Crippen molar-refractivity contribution in [3.8, 4) is 11.1 Å². The number of hydrogen-bond acceptors (Lipinski definition) is 5. The maximum atomic E-state index is 12.0. The number of amides is 1. The third kappa shape index (κ3) is 5.21. The molecule has 0 spiro atoms. The summed E-state index contributed by atoms with van der Waals surface area (Å²) in [6.07, 6.45) is 8.92. The summed E-state index contributed by atoms with van der Waals surface area (Å²) in [6.45, 7) is 2.71. The Hall–Kier alpha value is -3.51. The van der Waals surface area contributed by atoms with Gasteiger partial charge in [0.15, 0.2) is 0 Å². The summed E-state index contributed by atoms with van der Waals surface area (Å²) in [4.78, 5) is 25.0. The summed E-state index contributed by atoms with van der Waals surface area (Å²) in [7, 11) is 3.61. The molecule has 0 bridgehead atoms. The predicted octanol–water partition coefficient (Wildman–Crippen LogP) is 3.62. The van der Waals surface area contributed by atoms with Crippen LogP contribution >= 0.6 is 0 Å². The first-order valence-electron chi connectivity index (χ1n) is 10.9. The zero-order valence-electron chi connectivity index (χ0n) is 18.7. The highest BCUT2D eigenvalue weighted by molar-refractivity contribution is 5.78. The number of hydrogen-bond donors (Lipinski definition) is 1. The molecule has 1 amide bonds. The van der Waals surface area contributed by atoms with Crippen LogP contribution in [0.1, 0.15) is 17.5 Å². The smallest absolute Gasteiger partial charge is 0.236 e. The summed E-state index contributed by atoms with van der Waals surface area (Å²) in [5, 5.41) is 2.90. The summed E-state index contributed by atoms with van der Waals surface area (Å²) >= 11 is 0. The molecule has 6 heteroatoms. The minimum atomic E-state index is 0.0752. The van der Waals surface area contributed by atoms with Crippen molar-refractivity contribution < 1.29 is 4.79 Å². The van der Waals surface area contributed by atoms with Crippen molar-refractivity contribution in [3.63, 3.8) is 0 Å². The van der Waals surface area contributed by atoms with Crippen LogP contribution < -0.4 is 10.2 Å². The Bertz CT molecular complexity index is 1080. The SMILES string of the molecule is CNCC(=O)N(C)Cc1cccc(-c2ccc(N3CC=C(c4cccnc4)CC3)nc2)c1. The van der Waals surface area contributed by atoms with E-state index in [-0.39, 0.29) is 5.91 Å². The van der Waals surface area contributed by atoms with E-state index < -0.39 is 0 Å². The zero-order valence-corrected chi connectivity index (χ0v) is 18.7. The second kappa shape index (κ2) is 10.2. The quantitative estimate of drug-likeness (QED) is 0.624. The Kier molecular flexibility index (Phi) is 6.92. The number of nitrogens with zero attached hydrogens (tertiary/aromatic N) is 4. The van der Waals surface area contributed by atoms with E-state index >= 15 is 0 Å². The number of carbonyl (C=O) groups excluding carboxylic acids is 1. The van der Waals surface area contributed by atoms with Crippen LogP contribution in [-0.2, 0) is 11.3 Å². The second-order valence-corrected chi connectivity index (χ2v) is 8.05. The maximum absolute atomic E-state index is 12.0. The molecular weight excluding hydrogens is 398 g/mol. The molecule has 0 saturated heterocycles. The average Bonchev–Trinajstić information content (AvgIpc) is 2.85. The van der Waals surface area contributed by atoms with E-state index in [0.717, 1.165) is 42.0 Å². The summed E-state index contributed by atoms with van der Waals surface area (Å²) in [5.74, 6) is 1.06. The van der Waals surface area contributed by atoms with Gasteiger partial charge in [0.1, 0.15) is 5.82 Å². The molecule has 1 aliphatic heterocycles. The Morgan fingerprint density at radius 3 is 2.66 bits per heavy atom. The van der Waals surface area contributed by atoms with E-state index in [4.69, 9.17) is 4.98 Å². The van der Waals surface area contributed by atoms with Gasteiger partial charge in [0.2, 0.25) is 5.91 Å². The van der Waals surface area contributed by atoms with Crippen molar-refractivity contribution in [2.45, 2.75) is 13.0 Å². The third-order valence-electron chi connectivity index (χ3n) is 5.75. The van der Waals surface area contributed by atoms with Crippen molar-refractivity contribution in [2.75, 3.05) is 38.6 Å². The van der Waals surface area contributed by atoms with Crippen molar-refractivity contribution in [3.05, 3.63) is 84.3 Å². The molecule has 3 heterocycles. The Morgan fingerprint density at radius 2 is 1.97 bits per heavy atom. The van der Waals surface area contributed by atoms with Crippen LogP contribution in [0.5, 0.6) is 0 Å². The van der Waals surface area contributed by atoms with Gasteiger partial charge in [-0.15, -0.1) is 0 Å². The Labute approximate surface area is 189 Å². The van der Waals surface area contributed by atoms with Crippen molar-refractivity contribution >= 4 is 17.3 Å². The first-order valence-corrected chi connectivity index (χ1v) is 10.9. The van der Waals surface area contributed by atoms with Gasteiger partial charge in [-0.1, -0.05) is 30.3 Å². The van der Waals surface area contributed by atoms with Gasteiger partial charge < -0.3 is 15.1 Å². The normalized spacial score (nSPS) is 13.6. The number of likely N-dealkylation sites (N-methyl/N-ethyl adjacent to an activating group) is 2. The highest BCUT2D eigenvalue weighted by atomic mass is 16.2. The number of carbonyl (C=O) groups is 1. The first-order chi connectivity index (χ1) is 15.6. The lowest BCUT2D eigenvalue weighted by Gasteiger charge is -2.27. The second-order valence-electron chi connectivity index (χ2n) is 8.05. The molecule has 32 heavy (non-hydrogen) atoms. The lowest BCUT2D eigenvalue weighted by Crippen LogP contribution is -2.33. The summed E-state index contributed by atoms with van der Waals surface area (Å²) in [6, 6.07) is 16.6. The van der Waals surface area contributed by atoms with Gasteiger partial charge in [0.25, 0.3) is 0 Å². The average molecular weight is 428 g/mol. The maximum Gasteiger partial charge on any atom is 0.236 e. The lowest BCUT2D eigenvalue weighted by atomic mass is 10.0. The molecule has 3 aromatic rings. The number of aromatic nitrogens is 2. The molecule has 1 N–H and O–H groups in total. The minimum absolute atomic E-state index is 0.0752. The molecule has 0 atom stereocenters. The molecule has 0 unspecified atom stereocenters. The van der Waals surface area contributed by atoms with Gasteiger partial charge in [-0.05, 0) is 60.0 Å². The summed E-state index contributed by atoms with van der Waals surface area (Å²) in [5.41, 5.74) is 5.83. The van der Waals surface area contributed by atoms with Crippen molar-refractivity contribution in [1.29, 1.82) is 0 Å². The van der Waals surface area contributed by atoms with Gasteiger partial charge in [-0.2, -0.15) is 0 Å². The summed E-state index contributed by atoms with van der Waals surface area (Å²) < 4.78 is 0. The molecule has 4 rings (SSSR count). The van der Waals surface area contributed by atoms with E-state index in [0.29, 0.717) is 13.1 Å². The standard InChI is InChI=1S/C26H29N5O/c1-27-18-26(32)30(2)19-20-5-3-6-22(15-20)24-8-9-25(29-17-24)31-13-10-21(11-14-31)23-7-4-12-28-16-23/h3-10,12,15-17,27H,11,13-14,18-19H2,1-2H3. The number of nitrogens with one attached hydrogen (secondary N) is 1. The number of rotatable bonds is 7. The monoisotopic (exact) mass is 427 g/mol. The van der Waals surface area contributed by atoms with E-state index in [2.05, 4.69) is 51.6 Å². The number of pyridine rings is 2. The molecular formula is C26H29N5O. The van der Waals surface area contributed by atoms with Crippen LogP contribution in [0.15, 0.2) is 73.2 Å². The molecule has 0 aliphatic carbocycles. The molecule has 0 radical (unpaired) electrons. The fourth-order valence-corrected chi connectivity index (χ4v) is 3.93. The minimum Gasteiger partial charge on any atom is -0.353 e. The van der Waals surface area contributed by atoms with Gasteiger partial charge in [0.05, 0.1) is 6.54 Å². The van der Waals surface area contributed by atoms with Crippen molar-refractivity contribution in [1.82, 2.24) is 20.2 Å². The molecule has 2 aromatic heterocycles. The fraction of sp³-hybridized carbons (Fsp3) is 0.269. The third-order valence-corrected chi connectivity index (χ3v) is 5.75. The Balaban J connectivity index is 1.42. The van der Waals surface area contributed by atoms with Crippen LogP contribution in [0.2, 0.25) is 0 Å². The highest BCUT2D eigenvalue weighted by Gasteiger charge is 2.15. The molecule has 0 fully saturated rings. The van der Waals surface area contributed by atoms with Gasteiger partial charge in [-0.3, -0.25) is 9.78 Å². The fourth-order valence-electron chi connectivity index (χ4n) is 3.93. The Morgan fingerprint density at radius 1 is 1.09 bits per heavy atom.